The van der Waals surface area contributed by atoms with E-state index in [0.717, 1.165) is 19.3 Å². The van der Waals surface area contributed by atoms with Gasteiger partial charge in [-0.25, -0.2) is 0 Å². The molecule has 1 aliphatic heterocycles. The van der Waals surface area contributed by atoms with Crippen LogP contribution in [-0.4, -0.2) is 25.5 Å². The smallest absolute Gasteiger partial charge is 0.264 e. The number of carbonyl (C=O) groups is 2. The summed E-state index contributed by atoms with van der Waals surface area (Å²) in [7, 11) is 1.71. The van der Waals surface area contributed by atoms with Crippen LogP contribution in [-0.2, 0) is 9.59 Å². The number of ether oxygens (including phenoxy) is 1. The van der Waals surface area contributed by atoms with E-state index in [4.69, 9.17) is 4.74 Å². The minimum atomic E-state index is -0.0880. The van der Waals surface area contributed by atoms with Crippen molar-refractivity contribution in [3.05, 3.63) is 18.2 Å². The number of nitrogens with one attached hydrogen (secondary N) is 1. The van der Waals surface area contributed by atoms with Crippen molar-refractivity contribution in [2.45, 2.75) is 19.3 Å². The van der Waals surface area contributed by atoms with Crippen LogP contribution in [0.2, 0.25) is 0 Å². The second-order valence-electron chi connectivity index (χ2n) is 5.04. The van der Waals surface area contributed by atoms with Crippen molar-refractivity contribution in [3.63, 3.8) is 0 Å². The lowest BCUT2D eigenvalue weighted by atomic mass is 9.85. The first-order chi connectivity index (χ1) is 9.15. The highest BCUT2D eigenvalue weighted by Crippen LogP contribution is 2.34. The van der Waals surface area contributed by atoms with E-state index in [1.165, 1.54) is 0 Å². The molecule has 1 aromatic rings. The lowest BCUT2D eigenvalue weighted by Crippen LogP contribution is -2.35. The van der Waals surface area contributed by atoms with Crippen LogP contribution < -0.4 is 15.0 Å². The van der Waals surface area contributed by atoms with Gasteiger partial charge in [0.2, 0.25) is 5.91 Å². The van der Waals surface area contributed by atoms with Gasteiger partial charge in [-0.3, -0.25) is 9.59 Å². The molecule has 1 heterocycles. The van der Waals surface area contributed by atoms with Crippen molar-refractivity contribution in [3.8, 4) is 5.75 Å². The predicted molar refractivity (Wildman–Crippen MR) is 71.3 cm³/mol. The summed E-state index contributed by atoms with van der Waals surface area (Å²) in [5, 5.41) is 2.90. The number of nitrogens with zero attached hydrogens (tertiary/aromatic N) is 1. The normalized spacial score (nSPS) is 18.4. The second kappa shape index (κ2) is 4.57. The van der Waals surface area contributed by atoms with Gasteiger partial charge in [-0.2, -0.15) is 0 Å². The van der Waals surface area contributed by atoms with E-state index in [1.807, 2.05) is 0 Å². The van der Waals surface area contributed by atoms with Crippen LogP contribution in [0.3, 0.4) is 0 Å². The molecule has 1 aliphatic carbocycles. The van der Waals surface area contributed by atoms with Gasteiger partial charge in [0, 0.05) is 18.7 Å². The molecule has 1 fully saturated rings. The Kier molecular flexibility index (Phi) is 2.89. The Morgan fingerprint density at radius 3 is 2.89 bits per heavy atom. The SMILES string of the molecule is CN1C(=O)COc2ccc(NC(=O)C3CCC3)cc21. The minimum absolute atomic E-state index is 0.0666. The van der Waals surface area contributed by atoms with Crippen LogP contribution in [0.25, 0.3) is 0 Å². The summed E-state index contributed by atoms with van der Waals surface area (Å²) in [6, 6.07) is 5.37. The van der Waals surface area contributed by atoms with Gasteiger partial charge >= 0.3 is 0 Å². The summed E-state index contributed by atoms with van der Waals surface area (Å²) in [5.41, 5.74) is 1.41. The molecule has 0 spiro atoms. The lowest BCUT2D eigenvalue weighted by molar-refractivity contribution is -0.122. The molecule has 5 nitrogen and oxygen atoms in total. The molecular weight excluding hydrogens is 244 g/mol. The molecule has 0 saturated heterocycles. The second-order valence-corrected chi connectivity index (χ2v) is 5.04. The molecule has 0 unspecified atom stereocenters. The summed E-state index contributed by atoms with van der Waals surface area (Å²) in [5.74, 6) is 0.794. The van der Waals surface area contributed by atoms with Gasteiger partial charge in [0.1, 0.15) is 5.75 Å². The topological polar surface area (TPSA) is 58.6 Å². The highest BCUT2D eigenvalue weighted by molar-refractivity contribution is 5.99. The predicted octanol–water partition coefficient (Wildman–Crippen LogP) is 1.78. The maximum Gasteiger partial charge on any atom is 0.264 e. The molecule has 19 heavy (non-hydrogen) atoms. The Labute approximate surface area is 111 Å². The molecular formula is C14H16N2O3. The van der Waals surface area contributed by atoms with Crippen LogP contribution in [0.5, 0.6) is 5.75 Å². The van der Waals surface area contributed by atoms with E-state index in [0.29, 0.717) is 17.1 Å². The minimum Gasteiger partial charge on any atom is -0.482 e. The molecule has 2 aliphatic rings. The molecule has 1 N–H and O–H groups in total. The number of benzene rings is 1. The van der Waals surface area contributed by atoms with Crippen molar-refractivity contribution in [2.24, 2.45) is 5.92 Å². The van der Waals surface area contributed by atoms with Crippen molar-refractivity contribution in [1.82, 2.24) is 0 Å². The summed E-state index contributed by atoms with van der Waals surface area (Å²) in [6.45, 7) is 0.0667. The third-order valence-electron chi connectivity index (χ3n) is 3.79. The highest BCUT2D eigenvalue weighted by Gasteiger charge is 2.26. The molecule has 0 aromatic heterocycles. The van der Waals surface area contributed by atoms with E-state index in [2.05, 4.69) is 5.32 Å². The van der Waals surface area contributed by atoms with Crippen molar-refractivity contribution >= 4 is 23.2 Å². The molecule has 2 amide bonds. The van der Waals surface area contributed by atoms with E-state index >= 15 is 0 Å². The first kappa shape index (κ1) is 12.0. The van der Waals surface area contributed by atoms with Crippen LogP contribution in [0.1, 0.15) is 19.3 Å². The van der Waals surface area contributed by atoms with Crippen molar-refractivity contribution in [2.75, 3.05) is 23.9 Å². The van der Waals surface area contributed by atoms with Crippen molar-refractivity contribution in [1.29, 1.82) is 0 Å². The number of rotatable bonds is 2. The fourth-order valence-corrected chi connectivity index (χ4v) is 2.26. The van der Waals surface area contributed by atoms with Gasteiger partial charge in [-0.15, -0.1) is 0 Å². The number of amides is 2. The summed E-state index contributed by atoms with van der Waals surface area (Å²) in [6.07, 6.45) is 3.07. The van der Waals surface area contributed by atoms with Gasteiger partial charge < -0.3 is 15.0 Å². The van der Waals surface area contributed by atoms with Gasteiger partial charge in [-0.05, 0) is 31.0 Å². The quantitative estimate of drug-likeness (QED) is 0.881. The monoisotopic (exact) mass is 260 g/mol. The average Bonchev–Trinajstić information content (AvgIpc) is 2.32. The number of fused-ring (bicyclic) bond motifs is 1. The third-order valence-corrected chi connectivity index (χ3v) is 3.79. The number of carbonyl (C=O) groups excluding carboxylic acids is 2. The molecule has 0 atom stereocenters. The van der Waals surface area contributed by atoms with Crippen molar-refractivity contribution < 1.29 is 14.3 Å². The Morgan fingerprint density at radius 2 is 2.21 bits per heavy atom. The first-order valence-electron chi connectivity index (χ1n) is 6.49. The van der Waals surface area contributed by atoms with Crippen LogP contribution >= 0.6 is 0 Å². The Balaban J connectivity index is 1.80. The molecule has 100 valence electrons. The number of likely N-dealkylation sites (N-methyl/N-ethyl adjacent to an activating group) is 1. The van der Waals surface area contributed by atoms with E-state index < -0.39 is 0 Å². The Hall–Kier alpha value is -2.04. The largest absolute Gasteiger partial charge is 0.482 e. The number of anilines is 2. The van der Waals surface area contributed by atoms with E-state index in [9.17, 15) is 9.59 Å². The third kappa shape index (κ3) is 2.16. The molecule has 1 saturated carbocycles. The van der Waals surface area contributed by atoms with Gasteiger partial charge in [0.05, 0.1) is 5.69 Å². The summed E-state index contributed by atoms with van der Waals surface area (Å²) < 4.78 is 5.34. The average molecular weight is 260 g/mol. The summed E-state index contributed by atoms with van der Waals surface area (Å²) >= 11 is 0. The van der Waals surface area contributed by atoms with Gasteiger partial charge in [0.25, 0.3) is 5.91 Å². The maximum atomic E-state index is 11.9. The zero-order valence-electron chi connectivity index (χ0n) is 10.8. The van der Waals surface area contributed by atoms with E-state index in [-0.39, 0.29) is 24.3 Å². The standard InChI is InChI=1S/C14H16N2O3/c1-16-11-7-10(15-14(18)9-3-2-4-9)5-6-12(11)19-8-13(16)17/h5-7,9H,2-4,8H2,1H3,(H,15,18). The van der Waals surface area contributed by atoms with E-state index in [1.54, 1.807) is 30.1 Å². The molecule has 0 bridgehead atoms. The zero-order chi connectivity index (χ0) is 13.4. The van der Waals surface area contributed by atoms with Crippen LogP contribution in [0, 0.1) is 5.92 Å². The number of hydrogen-bond donors (Lipinski definition) is 1. The van der Waals surface area contributed by atoms with Gasteiger partial charge in [0.15, 0.2) is 6.61 Å². The van der Waals surface area contributed by atoms with Crippen LogP contribution in [0.15, 0.2) is 18.2 Å². The lowest BCUT2D eigenvalue weighted by Gasteiger charge is -2.27. The molecule has 1 aromatic carbocycles. The van der Waals surface area contributed by atoms with Gasteiger partial charge in [-0.1, -0.05) is 6.42 Å². The maximum absolute atomic E-state index is 11.9. The highest BCUT2D eigenvalue weighted by atomic mass is 16.5. The Bertz CT molecular complexity index is 537. The number of hydrogen-bond acceptors (Lipinski definition) is 3. The zero-order valence-corrected chi connectivity index (χ0v) is 10.8. The Morgan fingerprint density at radius 1 is 1.42 bits per heavy atom. The summed E-state index contributed by atoms with van der Waals surface area (Å²) in [4.78, 5) is 25.0. The van der Waals surface area contributed by atoms with Crippen LogP contribution in [0.4, 0.5) is 11.4 Å². The molecule has 3 rings (SSSR count). The fourth-order valence-electron chi connectivity index (χ4n) is 2.26. The molecule has 0 radical (unpaired) electrons. The fraction of sp³-hybridized carbons (Fsp3) is 0.429. The first-order valence-corrected chi connectivity index (χ1v) is 6.49. The molecule has 5 heteroatoms.